The lowest BCUT2D eigenvalue weighted by Crippen LogP contribution is -2.74. The van der Waals surface area contributed by atoms with Crippen molar-refractivity contribution in [1.82, 2.24) is 19.1 Å². The predicted octanol–water partition coefficient (Wildman–Crippen LogP) is 17.5. The molecule has 13 heteroatoms. The number of aryl methyl sites for hydroxylation is 3. The molecule has 10 nitrogen and oxygen atoms in total. The highest BCUT2D eigenvalue weighted by molar-refractivity contribution is 7.08. The van der Waals surface area contributed by atoms with Gasteiger partial charge in [-0.15, -0.1) is 0 Å². The first-order chi connectivity index (χ1) is 53.9. The molecule has 0 spiro atoms. The molecule has 0 bridgehead atoms. The first-order valence-corrected chi connectivity index (χ1v) is 37.9. The minimum Gasteiger partial charge on any atom is -0.313 e. The number of para-hydroxylation sites is 6. The number of hydrogen-bond donors (Lipinski definition) is 0. The molecule has 1 unspecified atom stereocenters. The fourth-order valence-corrected chi connectivity index (χ4v) is 20.1. The van der Waals surface area contributed by atoms with Gasteiger partial charge in [0.2, 0.25) is 11.7 Å². The average molecular weight is 1390 g/mol. The normalized spacial score (nSPS) is 14.6. The summed E-state index contributed by atoms with van der Waals surface area (Å²) >= 11 is 0. The molecule has 0 amide bonds. The summed E-state index contributed by atoms with van der Waals surface area (Å²) in [5, 5.41) is 5.60. The Balaban J connectivity index is 0.781. The number of aromatic nitrogens is 4. The topological polar surface area (TPSA) is 64.0 Å². The van der Waals surface area contributed by atoms with Crippen LogP contribution in [-0.4, -0.2) is 43.9 Å². The number of benzene rings is 15. The van der Waals surface area contributed by atoms with Gasteiger partial charge in [-0.2, -0.15) is 0 Å². The van der Waals surface area contributed by atoms with E-state index in [0.29, 0.717) is 0 Å². The lowest BCUT2D eigenvalue weighted by atomic mass is 9.24. The summed E-state index contributed by atoms with van der Waals surface area (Å²) in [6, 6.07) is 121. The van der Waals surface area contributed by atoms with Crippen molar-refractivity contribution >= 4 is 171 Å². The van der Waals surface area contributed by atoms with E-state index in [4.69, 9.17) is 15.1 Å². The molecule has 109 heavy (non-hydrogen) atoms. The zero-order valence-electron chi connectivity index (χ0n) is 60.0. The van der Waals surface area contributed by atoms with Crippen molar-refractivity contribution < 1.29 is 4.70 Å². The number of fused-ring (bicyclic) bond motifs is 12. The molecule has 24 rings (SSSR count). The van der Waals surface area contributed by atoms with Gasteiger partial charge in [0.25, 0.3) is 20.1 Å². The van der Waals surface area contributed by atoms with E-state index >= 15 is 0 Å². The summed E-state index contributed by atoms with van der Waals surface area (Å²) in [4.78, 5) is 21.6. The second-order valence-corrected chi connectivity index (χ2v) is 30.1. The van der Waals surface area contributed by atoms with Gasteiger partial charge in [-0.05, 0) is 184 Å². The van der Waals surface area contributed by atoms with Crippen molar-refractivity contribution in [3.63, 3.8) is 0 Å². The molecular weight excluding hydrogens is 1330 g/mol. The molecule has 17 aromatic rings. The molecule has 0 N–H and O–H groups in total. The summed E-state index contributed by atoms with van der Waals surface area (Å²) in [6.45, 7) is 6.71. The van der Waals surface area contributed by atoms with E-state index in [1.54, 1.807) is 0 Å². The number of imidazole rings is 2. The van der Waals surface area contributed by atoms with Crippen molar-refractivity contribution in [1.29, 1.82) is 0 Å². The van der Waals surface area contributed by atoms with Crippen molar-refractivity contribution in [2.45, 2.75) is 26.8 Å². The van der Waals surface area contributed by atoms with Crippen LogP contribution in [0.15, 0.2) is 333 Å². The Bertz CT molecular complexity index is 6650. The SMILES string of the molecule is Cc1cc2c3c4c1N(c1ccc5c(c1)N=[N+](c1ccccc1)C5c1ccccc1)c1ccccc1B4c1cc(C)c4c5c1N3c1c(cc(C)c3c1B2c1ccccc1N3c1ccc2nc(-c3ccccc3)n(-c3ccccc3)c2c1)B5c1ccccc1N4c1ccc2nc(-c3ccccc3)n(-c3ccccc3)c2c1. The lowest BCUT2D eigenvalue weighted by molar-refractivity contribution is -0.536. The van der Waals surface area contributed by atoms with Crippen LogP contribution in [0.3, 0.4) is 0 Å². The summed E-state index contributed by atoms with van der Waals surface area (Å²) < 4.78 is 6.92. The quantitative estimate of drug-likeness (QED) is 0.106. The number of rotatable bonds is 9. The maximum absolute atomic E-state index is 5.60. The fourth-order valence-electron chi connectivity index (χ4n) is 20.1. The zero-order valence-corrected chi connectivity index (χ0v) is 60.0. The largest absolute Gasteiger partial charge is 0.313 e. The maximum Gasteiger partial charge on any atom is 0.252 e. The Labute approximate surface area is 631 Å². The van der Waals surface area contributed by atoms with Crippen LogP contribution in [0, 0.1) is 20.8 Å². The predicted molar refractivity (Wildman–Crippen MR) is 450 cm³/mol. The molecule has 0 saturated carbocycles. The van der Waals surface area contributed by atoms with Gasteiger partial charge in [-0.3, -0.25) is 9.13 Å². The standard InChI is InChI=1S/C96H64B3N10/c1-58-52-74-92-85-88(58)103(67-46-49-70-79(55-67)102-109(66-38-20-9-21-39-66)91(70)61-28-10-4-11-29-61)80-43-25-22-40-71(80)97(85)75-53-59(2)89-86-93(75)108(92)94-76(99(86)73-42-24-27-45-82(73)105(89)69-48-51-78-84(57-69)107(65-36-18-8-19-37-65)96(101-78)63-32-14-6-15-33-63)54-60(3)90-87(94)98(74)72-41-23-26-44-81(72)104(90)68-47-50-77-83(56-68)106(64-34-16-7-17-35-64)95(100-77)62-30-12-5-13-31-62/h4-57,91H,1-3H3/q+1. The van der Waals surface area contributed by atoms with E-state index in [9.17, 15) is 0 Å². The van der Waals surface area contributed by atoms with Crippen LogP contribution in [0.25, 0.3) is 56.2 Å². The third kappa shape index (κ3) is 8.33. The highest BCUT2D eigenvalue weighted by Gasteiger charge is 2.57. The molecular formula is C96H64B3N10+. The van der Waals surface area contributed by atoms with Gasteiger partial charge in [-0.1, -0.05) is 223 Å². The van der Waals surface area contributed by atoms with Crippen molar-refractivity contribution in [3.05, 3.63) is 355 Å². The van der Waals surface area contributed by atoms with E-state index in [1.165, 1.54) is 128 Å². The Morgan fingerprint density at radius 2 is 0.661 bits per heavy atom. The van der Waals surface area contributed by atoms with Crippen LogP contribution < -0.4 is 68.8 Å². The third-order valence-electron chi connectivity index (χ3n) is 24.2. The summed E-state index contributed by atoms with van der Waals surface area (Å²) in [6.07, 6.45) is 0. The molecule has 0 radical (unpaired) electrons. The molecule has 9 heterocycles. The number of anilines is 12. The van der Waals surface area contributed by atoms with Crippen molar-refractivity contribution in [2.75, 3.05) is 19.6 Å². The monoisotopic (exact) mass is 1390 g/mol. The molecule has 1 atom stereocenters. The second kappa shape index (κ2) is 22.6. The van der Waals surface area contributed by atoms with Crippen LogP contribution in [0.4, 0.5) is 79.6 Å². The van der Waals surface area contributed by atoms with Gasteiger partial charge >= 0.3 is 0 Å². The first kappa shape index (κ1) is 60.5. The second-order valence-electron chi connectivity index (χ2n) is 30.1. The van der Waals surface area contributed by atoms with Crippen LogP contribution in [0.2, 0.25) is 0 Å². The molecule has 7 aliphatic rings. The van der Waals surface area contributed by atoms with Crippen molar-refractivity contribution in [3.8, 4) is 34.2 Å². The highest BCUT2D eigenvalue weighted by Crippen LogP contribution is 2.55. The molecule has 0 aliphatic carbocycles. The van der Waals surface area contributed by atoms with E-state index < -0.39 is 0 Å². The van der Waals surface area contributed by atoms with Crippen LogP contribution >= 0.6 is 0 Å². The molecule has 15 aromatic carbocycles. The zero-order chi connectivity index (χ0) is 71.6. The minimum atomic E-state index is -0.150. The average Bonchev–Trinajstić information content (AvgIpc) is 1.18. The van der Waals surface area contributed by atoms with Gasteiger partial charge in [-0.25, -0.2) is 9.97 Å². The van der Waals surface area contributed by atoms with E-state index in [0.717, 1.165) is 84.7 Å². The molecule has 2 aromatic heterocycles. The van der Waals surface area contributed by atoms with Gasteiger partial charge in [0.15, 0.2) is 0 Å². The first-order valence-electron chi connectivity index (χ1n) is 37.9. The Morgan fingerprint density at radius 3 is 1.08 bits per heavy atom. The molecule has 7 aliphatic heterocycles. The molecule has 506 valence electrons. The Kier molecular flexibility index (Phi) is 12.6. The Morgan fingerprint density at radius 1 is 0.303 bits per heavy atom. The van der Waals surface area contributed by atoms with E-state index in [-0.39, 0.29) is 26.2 Å². The highest BCUT2D eigenvalue weighted by atomic mass is 15.3. The molecule has 0 fully saturated rings. The van der Waals surface area contributed by atoms with E-state index in [1.807, 2.05) is 0 Å². The van der Waals surface area contributed by atoms with Crippen LogP contribution in [-0.2, 0) is 0 Å². The number of azo groups is 2. The molecule has 0 saturated heterocycles. The van der Waals surface area contributed by atoms with Gasteiger partial charge in [0, 0.05) is 114 Å². The fraction of sp³-hybridized carbons (Fsp3) is 0.0417. The third-order valence-corrected chi connectivity index (χ3v) is 24.2. The number of hydrogen-bond acceptors (Lipinski definition) is 7. The maximum atomic E-state index is 5.60. The van der Waals surface area contributed by atoms with Gasteiger partial charge in [0.05, 0.1) is 27.6 Å². The van der Waals surface area contributed by atoms with Crippen LogP contribution in [0.1, 0.15) is 33.9 Å². The smallest absolute Gasteiger partial charge is 0.252 e. The van der Waals surface area contributed by atoms with Gasteiger partial charge < -0.3 is 19.6 Å². The van der Waals surface area contributed by atoms with Crippen LogP contribution in [0.5, 0.6) is 0 Å². The number of nitrogens with zero attached hydrogens (tertiary/aromatic N) is 10. The van der Waals surface area contributed by atoms with Crippen molar-refractivity contribution in [2.24, 2.45) is 5.11 Å². The van der Waals surface area contributed by atoms with E-state index in [2.05, 4.69) is 382 Å². The summed E-state index contributed by atoms with van der Waals surface area (Å²) in [5.41, 5.74) is 42.2. The summed E-state index contributed by atoms with van der Waals surface area (Å²) in [5.74, 6) is 1.81. The Hall–Kier alpha value is -13.8. The lowest BCUT2D eigenvalue weighted by Gasteiger charge is -2.55. The minimum absolute atomic E-state index is 0.104. The van der Waals surface area contributed by atoms with Gasteiger partial charge in [0.1, 0.15) is 17.3 Å². The summed E-state index contributed by atoms with van der Waals surface area (Å²) in [7, 11) is 0.